The molecule has 1 aliphatic rings. The van der Waals surface area contributed by atoms with Gasteiger partial charge >= 0.3 is 6.09 Å². The second-order valence-corrected chi connectivity index (χ2v) is 11.9. The number of pyridine rings is 1. The smallest absolute Gasteiger partial charge is 0.410 e. The SMILES string of the molecule is CC(C)(C)OC(=O)N1CCCC[C@H]1C(=O)NCCCCc1c(OCc2ccccc2)ccc2ncc(Br)cc12. The van der Waals surface area contributed by atoms with Crippen molar-refractivity contribution in [2.45, 2.75) is 77.5 Å². The number of hydrogen-bond donors (Lipinski definition) is 1. The van der Waals surface area contributed by atoms with Gasteiger partial charge in [0.1, 0.15) is 24.0 Å². The number of fused-ring (bicyclic) bond motifs is 1. The normalized spacial score (nSPS) is 15.7. The molecule has 4 rings (SSSR count). The molecule has 0 saturated carbocycles. The summed E-state index contributed by atoms with van der Waals surface area (Å²) in [6.07, 6.45) is 6.32. The number of hydrogen-bond acceptors (Lipinski definition) is 5. The molecule has 3 aromatic rings. The van der Waals surface area contributed by atoms with Crippen molar-refractivity contribution >= 4 is 38.8 Å². The molecule has 1 aliphatic heterocycles. The summed E-state index contributed by atoms with van der Waals surface area (Å²) in [5.41, 5.74) is 2.56. The van der Waals surface area contributed by atoms with Crippen molar-refractivity contribution in [2.24, 2.45) is 0 Å². The van der Waals surface area contributed by atoms with Crippen LogP contribution < -0.4 is 10.1 Å². The topological polar surface area (TPSA) is 80.8 Å². The number of rotatable bonds is 9. The van der Waals surface area contributed by atoms with Crippen LogP contribution in [0.3, 0.4) is 0 Å². The molecule has 0 unspecified atom stereocenters. The van der Waals surface area contributed by atoms with Gasteiger partial charge in [0.25, 0.3) is 0 Å². The molecule has 8 heteroatoms. The van der Waals surface area contributed by atoms with Gasteiger partial charge in [-0.05, 0) is 99.0 Å². The zero-order valence-corrected chi connectivity index (χ0v) is 24.6. The van der Waals surface area contributed by atoms with E-state index in [1.165, 1.54) is 0 Å². The summed E-state index contributed by atoms with van der Waals surface area (Å²) in [4.78, 5) is 31.8. The van der Waals surface area contributed by atoms with Crippen LogP contribution in [0, 0.1) is 0 Å². The van der Waals surface area contributed by atoms with Crippen molar-refractivity contribution in [1.82, 2.24) is 15.2 Å². The van der Waals surface area contributed by atoms with Gasteiger partial charge in [-0.2, -0.15) is 0 Å². The Morgan fingerprint density at radius 3 is 2.67 bits per heavy atom. The van der Waals surface area contributed by atoms with E-state index in [2.05, 4.69) is 44.4 Å². The Morgan fingerprint density at radius 1 is 1.10 bits per heavy atom. The van der Waals surface area contributed by atoms with Crippen molar-refractivity contribution in [3.8, 4) is 5.75 Å². The Kier molecular flexibility index (Phi) is 9.83. The number of nitrogens with zero attached hydrogens (tertiary/aromatic N) is 2. The Hall–Kier alpha value is -3.13. The molecule has 2 heterocycles. The quantitative estimate of drug-likeness (QED) is 0.275. The van der Waals surface area contributed by atoms with Crippen LogP contribution in [0.1, 0.15) is 64.0 Å². The standard InChI is InChI=1S/C31H38BrN3O4/c1-31(2,3)39-30(37)35-18-10-8-14-27(35)29(36)33-17-9-7-13-24-25-19-23(32)20-34-26(25)15-16-28(24)38-21-22-11-5-4-6-12-22/h4-6,11-12,15-16,19-20,27H,7-10,13-14,17-18,21H2,1-3H3,(H,33,36)/t27-/m0/s1. The second-order valence-electron chi connectivity index (χ2n) is 11.0. The first-order valence-electron chi connectivity index (χ1n) is 13.7. The molecule has 0 radical (unpaired) electrons. The number of benzene rings is 2. The van der Waals surface area contributed by atoms with Gasteiger partial charge in [-0.25, -0.2) is 4.79 Å². The molecule has 0 aliphatic carbocycles. The van der Waals surface area contributed by atoms with E-state index in [-0.39, 0.29) is 5.91 Å². The van der Waals surface area contributed by atoms with Gasteiger partial charge < -0.3 is 14.8 Å². The third kappa shape index (κ3) is 8.18. The first kappa shape index (κ1) is 28.9. The Morgan fingerprint density at radius 2 is 1.90 bits per heavy atom. The van der Waals surface area contributed by atoms with Crippen molar-refractivity contribution in [3.05, 3.63) is 70.3 Å². The summed E-state index contributed by atoms with van der Waals surface area (Å²) in [7, 11) is 0. The van der Waals surface area contributed by atoms with Crippen molar-refractivity contribution in [1.29, 1.82) is 0 Å². The van der Waals surface area contributed by atoms with Gasteiger partial charge in [0.05, 0.1) is 5.52 Å². The summed E-state index contributed by atoms with van der Waals surface area (Å²) >= 11 is 3.56. The van der Waals surface area contributed by atoms with Gasteiger partial charge in [0.2, 0.25) is 5.91 Å². The number of nitrogens with one attached hydrogen (secondary N) is 1. The minimum absolute atomic E-state index is 0.106. The average Bonchev–Trinajstić information content (AvgIpc) is 2.91. The van der Waals surface area contributed by atoms with Crippen molar-refractivity contribution < 1.29 is 19.1 Å². The van der Waals surface area contributed by atoms with E-state index in [4.69, 9.17) is 9.47 Å². The molecule has 1 N–H and O–H groups in total. The largest absolute Gasteiger partial charge is 0.489 e. The lowest BCUT2D eigenvalue weighted by molar-refractivity contribution is -0.127. The van der Waals surface area contributed by atoms with Gasteiger partial charge in [-0.1, -0.05) is 30.3 Å². The average molecular weight is 597 g/mol. The molecule has 1 atom stereocenters. The van der Waals surface area contributed by atoms with Crippen LogP contribution in [0.15, 0.2) is 59.2 Å². The second kappa shape index (κ2) is 13.3. The zero-order valence-electron chi connectivity index (χ0n) is 23.0. The molecule has 39 heavy (non-hydrogen) atoms. The lowest BCUT2D eigenvalue weighted by Gasteiger charge is -2.35. The summed E-state index contributed by atoms with van der Waals surface area (Å²) in [5, 5.41) is 4.12. The minimum Gasteiger partial charge on any atom is -0.489 e. The van der Waals surface area contributed by atoms with Crippen molar-refractivity contribution in [3.63, 3.8) is 0 Å². The summed E-state index contributed by atoms with van der Waals surface area (Å²) in [5.74, 6) is 0.747. The molecule has 7 nitrogen and oxygen atoms in total. The Bertz CT molecular complexity index is 1280. The number of carbonyl (C=O) groups is 2. The van der Waals surface area contributed by atoms with Crippen LogP contribution in [0.4, 0.5) is 4.79 Å². The molecule has 1 saturated heterocycles. The van der Waals surface area contributed by atoms with E-state index in [0.29, 0.717) is 26.1 Å². The summed E-state index contributed by atoms with van der Waals surface area (Å²) in [6.45, 7) is 7.10. The predicted molar refractivity (Wildman–Crippen MR) is 157 cm³/mol. The first-order valence-corrected chi connectivity index (χ1v) is 14.5. The van der Waals surface area contributed by atoms with Gasteiger partial charge in [0, 0.05) is 34.7 Å². The molecular weight excluding hydrogens is 558 g/mol. The first-order chi connectivity index (χ1) is 18.7. The van der Waals surface area contributed by atoms with Gasteiger partial charge in [-0.3, -0.25) is 14.7 Å². The monoisotopic (exact) mass is 595 g/mol. The third-order valence-corrected chi connectivity index (χ3v) is 7.16. The molecule has 1 aromatic heterocycles. The minimum atomic E-state index is -0.591. The fraction of sp³-hybridized carbons (Fsp3) is 0.452. The number of likely N-dealkylation sites (tertiary alicyclic amines) is 1. The van der Waals surface area contributed by atoms with E-state index < -0.39 is 17.7 Å². The number of piperidine rings is 1. The number of ether oxygens (including phenoxy) is 2. The zero-order chi connectivity index (χ0) is 27.8. The van der Waals surface area contributed by atoms with E-state index in [9.17, 15) is 9.59 Å². The molecule has 0 spiro atoms. The maximum absolute atomic E-state index is 13.0. The highest BCUT2D eigenvalue weighted by atomic mass is 79.9. The molecule has 1 fully saturated rings. The molecule has 0 bridgehead atoms. The fourth-order valence-electron chi connectivity index (χ4n) is 4.84. The van der Waals surface area contributed by atoms with Crippen LogP contribution in [-0.4, -0.2) is 46.6 Å². The van der Waals surface area contributed by atoms with Gasteiger partial charge in [-0.15, -0.1) is 0 Å². The molecule has 2 amide bonds. The number of amides is 2. The van der Waals surface area contributed by atoms with Crippen LogP contribution in [0.5, 0.6) is 5.75 Å². The lowest BCUT2D eigenvalue weighted by atomic mass is 10.0. The van der Waals surface area contributed by atoms with Crippen LogP contribution in [-0.2, 0) is 22.6 Å². The molecular formula is C31H38BrN3O4. The lowest BCUT2D eigenvalue weighted by Crippen LogP contribution is -2.53. The van der Waals surface area contributed by atoms with Crippen molar-refractivity contribution in [2.75, 3.05) is 13.1 Å². The summed E-state index contributed by atoms with van der Waals surface area (Å²) in [6, 6.07) is 15.7. The van der Waals surface area contributed by atoms with Gasteiger partial charge in [0.15, 0.2) is 0 Å². The van der Waals surface area contributed by atoms with Crippen LogP contribution in [0.2, 0.25) is 0 Å². The van der Waals surface area contributed by atoms with E-state index in [0.717, 1.165) is 64.4 Å². The predicted octanol–water partition coefficient (Wildman–Crippen LogP) is 6.80. The van der Waals surface area contributed by atoms with Crippen LogP contribution >= 0.6 is 15.9 Å². The molecule has 208 valence electrons. The van der Waals surface area contributed by atoms with E-state index in [1.54, 1.807) is 11.1 Å². The number of carbonyl (C=O) groups excluding carboxylic acids is 2. The Labute approximate surface area is 239 Å². The number of unbranched alkanes of at least 4 members (excludes halogenated alkanes) is 1. The third-order valence-electron chi connectivity index (χ3n) is 6.72. The highest BCUT2D eigenvalue weighted by Gasteiger charge is 2.34. The maximum atomic E-state index is 13.0. The Balaban J connectivity index is 1.35. The number of aryl methyl sites for hydroxylation is 1. The number of aromatic nitrogens is 1. The highest BCUT2D eigenvalue weighted by molar-refractivity contribution is 9.10. The highest BCUT2D eigenvalue weighted by Crippen LogP contribution is 2.31. The van der Waals surface area contributed by atoms with E-state index in [1.807, 2.05) is 51.1 Å². The maximum Gasteiger partial charge on any atom is 0.410 e. The van der Waals surface area contributed by atoms with Crippen LogP contribution in [0.25, 0.3) is 10.9 Å². The van der Waals surface area contributed by atoms with E-state index >= 15 is 0 Å². The number of halogens is 1. The summed E-state index contributed by atoms with van der Waals surface area (Å²) < 4.78 is 12.7. The fourth-order valence-corrected chi connectivity index (χ4v) is 5.17. The molecule has 2 aromatic carbocycles.